The van der Waals surface area contributed by atoms with Crippen molar-refractivity contribution >= 4 is 51.1 Å². The first kappa shape index (κ1) is 18.8. The quantitative estimate of drug-likeness (QED) is 0.380. The van der Waals surface area contributed by atoms with Crippen molar-refractivity contribution in [1.82, 2.24) is 9.38 Å². The number of benzene rings is 1. The number of amides is 1. The molecule has 3 aromatic rings. The summed E-state index contributed by atoms with van der Waals surface area (Å²) in [5, 5.41) is 15.1. The topological polar surface area (TPSA) is 116 Å². The molecule has 11 heteroatoms. The molecule has 2 heterocycles. The number of carbonyl (C=O) groups excluding carboxylic acids is 2. The molecular formula is C16H13ClN4O5S. The molecule has 0 saturated heterocycles. The van der Waals surface area contributed by atoms with Crippen LogP contribution in [0, 0.1) is 10.1 Å². The van der Waals surface area contributed by atoms with Gasteiger partial charge in [0.1, 0.15) is 0 Å². The summed E-state index contributed by atoms with van der Waals surface area (Å²) in [7, 11) is 0. The number of nitrogens with one attached hydrogen (secondary N) is 1. The molecule has 3 rings (SSSR count). The van der Waals surface area contributed by atoms with Gasteiger partial charge in [-0.2, -0.15) is 0 Å². The lowest BCUT2D eigenvalue weighted by Gasteiger charge is -2.14. The normalized spacial score (nSPS) is 11.9. The average Bonchev–Trinajstić information content (AvgIpc) is 3.17. The number of hydrogen-bond acceptors (Lipinski definition) is 7. The van der Waals surface area contributed by atoms with Gasteiger partial charge in [0.2, 0.25) is 0 Å². The van der Waals surface area contributed by atoms with Crippen molar-refractivity contribution in [2.24, 2.45) is 0 Å². The molecule has 0 saturated carbocycles. The van der Waals surface area contributed by atoms with Gasteiger partial charge in [0, 0.05) is 29.9 Å². The van der Waals surface area contributed by atoms with Crippen molar-refractivity contribution in [3.8, 4) is 0 Å². The van der Waals surface area contributed by atoms with Crippen LogP contribution >= 0.6 is 22.9 Å². The van der Waals surface area contributed by atoms with E-state index in [1.54, 1.807) is 10.6 Å². The summed E-state index contributed by atoms with van der Waals surface area (Å²) in [5.74, 6) is -1.21. The summed E-state index contributed by atoms with van der Waals surface area (Å²) in [5.41, 5.74) is 0.528. The van der Waals surface area contributed by atoms with Gasteiger partial charge >= 0.3 is 5.97 Å². The zero-order chi connectivity index (χ0) is 19.6. The maximum atomic E-state index is 12.2. The van der Waals surface area contributed by atoms with E-state index in [0.29, 0.717) is 5.69 Å². The fourth-order valence-electron chi connectivity index (χ4n) is 2.25. The number of esters is 1. The zero-order valence-corrected chi connectivity index (χ0v) is 15.5. The molecule has 1 aromatic carbocycles. The number of aromatic nitrogens is 2. The van der Waals surface area contributed by atoms with Crippen LogP contribution in [0.2, 0.25) is 5.02 Å². The lowest BCUT2D eigenvalue weighted by atomic mass is 10.2. The van der Waals surface area contributed by atoms with E-state index in [-0.39, 0.29) is 22.8 Å². The van der Waals surface area contributed by atoms with Gasteiger partial charge in [-0.25, -0.2) is 4.98 Å². The molecule has 1 N–H and O–H groups in total. The molecule has 0 radical (unpaired) electrons. The molecule has 1 amide bonds. The van der Waals surface area contributed by atoms with Gasteiger partial charge < -0.3 is 10.1 Å². The van der Waals surface area contributed by atoms with Crippen molar-refractivity contribution in [2.75, 3.05) is 5.32 Å². The Bertz CT molecular complexity index is 1000. The van der Waals surface area contributed by atoms with Crippen molar-refractivity contribution < 1.29 is 19.2 Å². The van der Waals surface area contributed by atoms with E-state index < -0.39 is 22.9 Å². The molecule has 1 unspecified atom stereocenters. The van der Waals surface area contributed by atoms with Gasteiger partial charge in [-0.3, -0.25) is 24.1 Å². The molecular weight excluding hydrogens is 396 g/mol. The van der Waals surface area contributed by atoms with E-state index in [2.05, 4.69) is 10.3 Å². The summed E-state index contributed by atoms with van der Waals surface area (Å²) < 4.78 is 6.91. The van der Waals surface area contributed by atoms with Gasteiger partial charge in [-0.1, -0.05) is 11.6 Å². The van der Waals surface area contributed by atoms with Gasteiger partial charge in [0.15, 0.2) is 11.1 Å². The molecule has 0 aliphatic carbocycles. The monoisotopic (exact) mass is 408 g/mol. The van der Waals surface area contributed by atoms with Crippen molar-refractivity contribution in [1.29, 1.82) is 0 Å². The van der Waals surface area contributed by atoms with Crippen molar-refractivity contribution in [3.05, 3.63) is 56.8 Å². The number of imidazole rings is 1. The Kier molecular flexibility index (Phi) is 5.38. The number of fused-ring (bicyclic) bond motifs is 1. The third-order valence-electron chi connectivity index (χ3n) is 3.57. The number of thiazole rings is 1. The van der Waals surface area contributed by atoms with Gasteiger partial charge in [-0.15, -0.1) is 11.3 Å². The van der Waals surface area contributed by atoms with Crippen LogP contribution in [-0.2, 0) is 20.7 Å². The van der Waals surface area contributed by atoms with Crippen molar-refractivity contribution in [3.63, 3.8) is 0 Å². The van der Waals surface area contributed by atoms with Crippen molar-refractivity contribution in [2.45, 2.75) is 19.4 Å². The Hall–Kier alpha value is -2.98. The van der Waals surface area contributed by atoms with E-state index in [9.17, 15) is 19.7 Å². The molecule has 0 aliphatic heterocycles. The van der Waals surface area contributed by atoms with E-state index in [0.717, 1.165) is 11.0 Å². The van der Waals surface area contributed by atoms with Crippen LogP contribution in [0.4, 0.5) is 11.4 Å². The molecule has 2 aromatic heterocycles. The zero-order valence-electron chi connectivity index (χ0n) is 13.9. The molecule has 0 fully saturated rings. The van der Waals surface area contributed by atoms with Crippen LogP contribution < -0.4 is 5.32 Å². The Labute approximate surface area is 161 Å². The molecule has 27 heavy (non-hydrogen) atoms. The average molecular weight is 409 g/mol. The molecule has 9 nitrogen and oxygen atoms in total. The third-order valence-corrected chi connectivity index (χ3v) is 4.65. The standard InChI is InChI=1S/C16H13ClN4O5S/c1-9(15(23)19-13-3-2-11(21(24)25)7-12(13)17)26-14(22)6-10-8-20-4-5-27-16(20)18-10/h2-5,7-9H,6H2,1H3,(H,19,23). The number of ether oxygens (including phenoxy) is 1. The smallest absolute Gasteiger partial charge is 0.312 e. The lowest BCUT2D eigenvalue weighted by molar-refractivity contribution is -0.384. The number of non-ortho nitro benzene ring substituents is 1. The first-order valence-electron chi connectivity index (χ1n) is 7.69. The highest BCUT2D eigenvalue weighted by atomic mass is 35.5. The third kappa shape index (κ3) is 4.41. The number of nitrogens with zero attached hydrogens (tertiary/aromatic N) is 3. The Morgan fingerprint density at radius 1 is 1.48 bits per heavy atom. The summed E-state index contributed by atoms with van der Waals surface area (Å²) in [6.45, 7) is 1.41. The first-order valence-corrected chi connectivity index (χ1v) is 8.94. The number of nitro groups is 1. The number of rotatable bonds is 6. The van der Waals surface area contributed by atoms with Crippen LogP contribution in [-0.4, -0.2) is 32.3 Å². The predicted octanol–water partition coefficient (Wildman–Crippen LogP) is 3.07. The second kappa shape index (κ2) is 7.72. The van der Waals surface area contributed by atoms with Gasteiger partial charge in [0.05, 0.1) is 27.7 Å². The van der Waals surface area contributed by atoms with E-state index in [1.165, 1.54) is 30.4 Å². The summed E-state index contributed by atoms with van der Waals surface area (Å²) in [6, 6.07) is 3.64. The minimum Gasteiger partial charge on any atom is -0.452 e. The fraction of sp³-hybridized carbons (Fsp3) is 0.188. The van der Waals surface area contributed by atoms with Crippen LogP contribution in [0.3, 0.4) is 0 Å². The van der Waals surface area contributed by atoms with Crippen LogP contribution in [0.15, 0.2) is 36.0 Å². The van der Waals surface area contributed by atoms with Gasteiger partial charge in [-0.05, 0) is 13.0 Å². The number of halogens is 1. The molecule has 1 atom stereocenters. The summed E-state index contributed by atoms with van der Waals surface area (Å²) in [6.07, 6.45) is 2.40. The second-order valence-electron chi connectivity index (χ2n) is 5.54. The number of carbonyl (C=O) groups is 2. The predicted molar refractivity (Wildman–Crippen MR) is 99.1 cm³/mol. The first-order chi connectivity index (χ1) is 12.8. The molecule has 140 valence electrons. The maximum absolute atomic E-state index is 12.2. The maximum Gasteiger partial charge on any atom is 0.312 e. The van der Waals surface area contributed by atoms with Gasteiger partial charge in [0.25, 0.3) is 11.6 Å². The number of hydrogen-bond donors (Lipinski definition) is 1. The largest absolute Gasteiger partial charge is 0.452 e. The summed E-state index contributed by atoms with van der Waals surface area (Å²) >= 11 is 7.37. The second-order valence-corrected chi connectivity index (χ2v) is 6.82. The molecule has 0 bridgehead atoms. The fourth-order valence-corrected chi connectivity index (χ4v) is 3.20. The highest BCUT2D eigenvalue weighted by Crippen LogP contribution is 2.26. The summed E-state index contributed by atoms with van der Waals surface area (Å²) in [4.78, 5) is 39.3. The molecule has 0 aliphatic rings. The van der Waals surface area contributed by atoms with Crippen LogP contribution in [0.25, 0.3) is 4.96 Å². The highest BCUT2D eigenvalue weighted by molar-refractivity contribution is 7.15. The highest BCUT2D eigenvalue weighted by Gasteiger charge is 2.20. The van der Waals surface area contributed by atoms with E-state index >= 15 is 0 Å². The lowest BCUT2D eigenvalue weighted by Crippen LogP contribution is -2.30. The number of nitro benzene ring substituents is 1. The van der Waals surface area contributed by atoms with E-state index in [1.807, 2.05) is 11.6 Å². The Morgan fingerprint density at radius 2 is 2.26 bits per heavy atom. The number of anilines is 1. The molecule has 0 spiro atoms. The van der Waals surface area contributed by atoms with E-state index in [4.69, 9.17) is 16.3 Å². The minimum absolute atomic E-state index is 0.00848. The van der Waals surface area contributed by atoms with Crippen LogP contribution in [0.1, 0.15) is 12.6 Å². The SMILES string of the molecule is CC(OC(=O)Cc1cn2ccsc2n1)C(=O)Nc1ccc([N+](=O)[O-])cc1Cl. The Balaban J connectivity index is 1.57. The Morgan fingerprint density at radius 3 is 2.93 bits per heavy atom. The van der Waals surface area contributed by atoms with Crippen LogP contribution in [0.5, 0.6) is 0 Å². The minimum atomic E-state index is -1.08.